The standard InChI is InChI=1S/C9H13N3O/c1-6-11-8(4-9(13)12-6)7-2-3-10-5-7/h4,7,10H,2-3,5H2,1H3,(H,11,12,13)/t7-/m0/s1. The number of hydrogen-bond acceptors (Lipinski definition) is 3. The van der Waals surface area contributed by atoms with Crippen LogP contribution >= 0.6 is 0 Å². The lowest BCUT2D eigenvalue weighted by Gasteiger charge is -2.06. The van der Waals surface area contributed by atoms with Crippen molar-refractivity contribution in [3.8, 4) is 0 Å². The van der Waals surface area contributed by atoms with Crippen molar-refractivity contribution in [1.82, 2.24) is 15.3 Å². The van der Waals surface area contributed by atoms with E-state index in [2.05, 4.69) is 15.3 Å². The molecule has 1 saturated heterocycles. The lowest BCUT2D eigenvalue weighted by molar-refractivity contribution is 0.721. The van der Waals surface area contributed by atoms with Crippen molar-refractivity contribution in [2.24, 2.45) is 0 Å². The molecule has 0 unspecified atom stereocenters. The van der Waals surface area contributed by atoms with E-state index in [-0.39, 0.29) is 5.56 Å². The molecule has 1 atom stereocenters. The van der Waals surface area contributed by atoms with Crippen molar-refractivity contribution in [1.29, 1.82) is 0 Å². The second-order valence-electron chi connectivity index (χ2n) is 3.45. The summed E-state index contributed by atoms with van der Waals surface area (Å²) in [4.78, 5) is 18.1. The van der Waals surface area contributed by atoms with Crippen LogP contribution in [0.2, 0.25) is 0 Å². The Morgan fingerprint density at radius 1 is 1.62 bits per heavy atom. The van der Waals surface area contributed by atoms with Gasteiger partial charge in [0.2, 0.25) is 0 Å². The maximum Gasteiger partial charge on any atom is 0.251 e. The molecule has 2 N–H and O–H groups in total. The van der Waals surface area contributed by atoms with E-state index in [9.17, 15) is 4.79 Å². The molecular formula is C9H13N3O. The number of nitrogens with zero attached hydrogens (tertiary/aromatic N) is 1. The molecule has 1 aliphatic heterocycles. The van der Waals surface area contributed by atoms with Gasteiger partial charge < -0.3 is 10.3 Å². The zero-order chi connectivity index (χ0) is 9.26. The summed E-state index contributed by atoms with van der Waals surface area (Å²) in [7, 11) is 0. The quantitative estimate of drug-likeness (QED) is 0.645. The van der Waals surface area contributed by atoms with Gasteiger partial charge in [0.05, 0.1) is 5.69 Å². The van der Waals surface area contributed by atoms with Crippen molar-refractivity contribution in [2.45, 2.75) is 19.3 Å². The molecule has 1 aliphatic rings. The van der Waals surface area contributed by atoms with Crippen LogP contribution in [-0.2, 0) is 0 Å². The predicted molar refractivity (Wildman–Crippen MR) is 49.8 cm³/mol. The summed E-state index contributed by atoms with van der Waals surface area (Å²) in [5.41, 5.74) is 0.876. The minimum Gasteiger partial charge on any atom is -0.316 e. The molecule has 70 valence electrons. The van der Waals surface area contributed by atoms with Crippen LogP contribution in [0, 0.1) is 6.92 Å². The van der Waals surface area contributed by atoms with E-state index in [0.29, 0.717) is 11.7 Å². The number of rotatable bonds is 1. The van der Waals surface area contributed by atoms with Gasteiger partial charge in [-0.05, 0) is 19.9 Å². The molecule has 0 saturated carbocycles. The minimum absolute atomic E-state index is 0.0469. The highest BCUT2D eigenvalue weighted by Gasteiger charge is 2.18. The molecule has 0 aromatic carbocycles. The van der Waals surface area contributed by atoms with E-state index < -0.39 is 0 Å². The normalized spacial score (nSPS) is 22.1. The molecule has 4 nitrogen and oxygen atoms in total. The topological polar surface area (TPSA) is 57.8 Å². The summed E-state index contributed by atoms with van der Waals surface area (Å²) in [6.45, 7) is 3.78. The lowest BCUT2D eigenvalue weighted by atomic mass is 10.1. The smallest absolute Gasteiger partial charge is 0.251 e. The van der Waals surface area contributed by atoms with Gasteiger partial charge in [0.15, 0.2) is 0 Å². The van der Waals surface area contributed by atoms with Crippen LogP contribution in [0.25, 0.3) is 0 Å². The summed E-state index contributed by atoms with van der Waals surface area (Å²) in [5.74, 6) is 1.12. The fourth-order valence-electron chi connectivity index (χ4n) is 1.72. The van der Waals surface area contributed by atoms with Crippen LogP contribution < -0.4 is 10.9 Å². The highest BCUT2D eigenvalue weighted by molar-refractivity contribution is 5.10. The summed E-state index contributed by atoms with van der Waals surface area (Å²) in [6, 6.07) is 1.60. The van der Waals surface area contributed by atoms with E-state index in [1.807, 2.05) is 6.92 Å². The number of H-pyrrole nitrogens is 1. The van der Waals surface area contributed by atoms with Crippen molar-refractivity contribution in [3.63, 3.8) is 0 Å². The molecule has 0 radical (unpaired) electrons. The third-order valence-electron chi connectivity index (χ3n) is 2.36. The van der Waals surface area contributed by atoms with Crippen molar-refractivity contribution >= 4 is 0 Å². The summed E-state index contributed by atoms with van der Waals surface area (Å²) in [5, 5.41) is 3.26. The molecule has 1 fully saturated rings. The number of hydrogen-bond donors (Lipinski definition) is 2. The Bertz CT molecular complexity index is 352. The third-order valence-corrected chi connectivity index (χ3v) is 2.36. The van der Waals surface area contributed by atoms with Crippen molar-refractivity contribution in [3.05, 3.63) is 27.9 Å². The van der Waals surface area contributed by atoms with E-state index in [4.69, 9.17) is 0 Å². The first-order chi connectivity index (χ1) is 6.25. The average molecular weight is 179 g/mol. The summed E-state index contributed by atoms with van der Waals surface area (Å²) < 4.78 is 0. The molecule has 4 heteroatoms. The Morgan fingerprint density at radius 2 is 2.46 bits per heavy atom. The van der Waals surface area contributed by atoms with Crippen LogP contribution in [0.4, 0.5) is 0 Å². The molecular weight excluding hydrogens is 166 g/mol. The van der Waals surface area contributed by atoms with Gasteiger partial charge in [-0.1, -0.05) is 0 Å². The Balaban J connectivity index is 2.33. The Morgan fingerprint density at radius 3 is 3.08 bits per heavy atom. The largest absolute Gasteiger partial charge is 0.316 e. The van der Waals surface area contributed by atoms with Crippen LogP contribution in [0.3, 0.4) is 0 Å². The van der Waals surface area contributed by atoms with Crippen LogP contribution in [-0.4, -0.2) is 23.1 Å². The van der Waals surface area contributed by atoms with Gasteiger partial charge in [0.25, 0.3) is 5.56 Å². The van der Waals surface area contributed by atoms with E-state index in [0.717, 1.165) is 25.2 Å². The van der Waals surface area contributed by atoms with Crippen molar-refractivity contribution in [2.75, 3.05) is 13.1 Å². The Hall–Kier alpha value is -1.16. The highest BCUT2D eigenvalue weighted by atomic mass is 16.1. The maximum atomic E-state index is 11.2. The van der Waals surface area contributed by atoms with E-state index >= 15 is 0 Å². The average Bonchev–Trinajstić information content (AvgIpc) is 2.53. The summed E-state index contributed by atoms with van der Waals surface area (Å²) in [6.07, 6.45) is 1.08. The minimum atomic E-state index is -0.0469. The Labute approximate surface area is 76.4 Å². The van der Waals surface area contributed by atoms with Crippen LogP contribution in [0.1, 0.15) is 23.9 Å². The van der Waals surface area contributed by atoms with Gasteiger partial charge in [-0.25, -0.2) is 4.98 Å². The second-order valence-corrected chi connectivity index (χ2v) is 3.45. The fourth-order valence-corrected chi connectivity index (χ4v) is 1.72. The zero-order valence-electron chi connectivity index (χ0n) is 7.63. The van der Waals surface area contributed by atoms with E-state index in [1.54, 1.807) is 6.07 Å². The number of aromatic nitrogens is 2. The highest BCUT2D eigenvalue weighted by Crippen LogP contribution is 2.18. The van der Waals surface area contributed by atoms with Crippen molar-refractivity contribution < 1.29 is 0 Å². The first-order valence-electron chi connectivity index (χ1n) is 4.54. The van der Waals surface area contributed by atoms with Gasteiger partial charge in [0, 0.05) is 18.5 Å². The lowest BCUT2D eigenvalue weighted by Crippen LogP contribution is -2.15. The first-order valence-corrected chi connectivity index (χ1v) is 4.54. The monoisotopic (exact) mass is 179 g/mol. The van der Waals surface area contributed by atoms with Gasteiger partial charge in [-0.15, -0.1) is 0 Å². The van der Waals surface area contributed by atoms with Gasteiger partial charge in [0.1, 0.15) is 5.82 Å². The molecule has 0 bridgehead atoms. The molecule has 0 aliphatic carbocycles. The number of nitrogens with one attached hydrogen (secondary N) is 2. The molecule has 13 heavy (non-hydrogen) atoms. The number of aryl methyl sites for hydroxylation is 1. The molecule has 2 heterocycles. The molecule has 1 aromatic rings. The van der Waals surface area contributed by atoms with Crippen LogP contribution in [0.5, 0.6) is 0 Å². The SMILES string of the molecule is Cc1nc([C@H]2CCNC2)cc(=O)[nH]1. The fraction of sp³-hybridized carbons (Fsp3) is 0.556. The van der Waals surface area contributed by atoms with Gasteiger partial charge >= 0.3 is 0 Å². The molecule has 1 aromatic heterocycles. The predicted octanol–water partition coefficient (Wildman–Crippen LogP) is 0.155. The maximum absolute atomic E-state index is 11.2. The first kappa shape index (κ1) is 8.44. The van der Waals surface area contributed by atoms with E-state index in [1.165, 1.54) is 0 Å². The summed E-state index contributed by atoms with van der Waals surface area (Å²) >= 11 is 0. The molecule has 0 amide bonds. The molecule has 2 rings (SSSR count). The number of aromatic amines is 1. The zero-order valence-corrected chi connectivity index (χ0v) is 7.63. The van der Waals surface area contributed by atoms with Gasteiger partial charge in [-0.3, -0.25) is 4.79 Å². The second kappa shape index (κ2) is 3.30. The molecule has 0 spiro atoms. The Kier molecular flexibility index (Phi) is 2.14. The van der Waals surface area contributed by atoms with Crippen LogP contribution in [0.15, 0.2) is 10.9 Å². The third kappa shape index (κ3) is 1.78. The van der Waals surface area contributed by atoms with Gasteiger partial charge in [-0.2, -0.15) is 0 Å².